The number of amides is 1. The Balaban J connectivity index is 2.40. The number of thiocarbonyl (C=S) groups is 1. The van der Waals surface area contributed by atoms with Gasteiger partial charge in [-0.05, 0) is 18.6 Å². The topological polar surface area (TPSA) is 41.1 Å². The molecule has 4 heteroatoms. The molecule has 1 aromatic carbocycles. The Hall–Kier alpha value is -1.42. The van der Waals surface area contributed by atoms with Crippen molar-refractivity contribution in [2.45, 2.75) is 18.8 Å². The van der Waals surface area contributed by atoms with Gasteiger partial charge in [0, 0.05) is 19.2 Å². The zero-order valence-corrected chi connectivity index (χ0v) is 10.1. The summed E-state index contributed by atoms with van der Waals surface area (Å²) in [6.45, 7) is 2.00. The van der Waals surface area contributed by atoms with Gasteiger partial charge in [0.25, 0.3) is 0 Å². The summed E-state index contributed by atoms with van der Waals surface area (Å²) in [7, 11) is 1.64. The number of nitrogens with one attached hydrogen (secondary N) is 2. The second kappa shape index (κ2) is 3.87. The van der Waals surface area contributed by atoms with Gasteiger partial charge >= 0.3 is 0 Å². The Morgan fingerprint density at radius 2 is 2.19 bits per heavy atom. The zero-order valence-electron chi connectivity index (χ0n) is 9.33. The first-order chi connectivity index (χ1) is 7.58. The maximum Gasteiger partial charge on any atom is 0.221 e. The number of para-hydroxylation sites is 1. The van der Waals surface area contributed by atoms with Crippen molar-refractivity contribution < 1.29 is 4.79 Å². The van der Waals surface area contributed by atoms with Crippen LogP contribution in [0.15, 0.2) is 24.3 Å². The molecule has 1 heterocycles. The molecular formula is C12H14N2OS. The molecule has 0 bridgehead atoms. The van der Waals surface area contributed by atoms with E-state index in [9.17, 15) is 4.79 Å². The van der Waals surface area contributed by atoms with E-state index in [1.165, 1.54) is 0 Å². The fraction of sp³-hybridized carbons (Fsp3) is 0.333. The highest BCUT2D eigenvalue weighted by molar-refractivity contribution is 7.80. The van der Waals surface area contributed by atoms with E-state index in [0.29, 0.717) is 6.42 Å². The van der Waals surface area contributed by atoms with E-state index in [-0.39, 0.29) is 11.3 Å². The SMILES string of the molecule is CNC(=O)CC1(C)C(=S)Nc2ccccc21. The molecule has 0 saturated heterocycles. The molecule has 1 amide bonds. The molecule has 0 aliphatic carbocycles. The third kappa shape index (κ3) is 1.59. The second-order valence-corrected chi connectivity index (χ2v) is 4.59. The third-order valence-corrected chi connectivity index (χ3v) is 3.62. The van der Waals surface area contributed by atoms with Crippen LogP contribution in [0.25, 0.3) is 0 Å². The van der Waals surface area contributed by atoms with Gasteiger partial charge in [-0.3, -0.25) is 4.79 Å². The fourth-order valence-electron chi connectivity index (χ4n) is 2.04. The minimum absolute atomic E-state index is 0.00310. The maximum absolute atomic E-state index is 11.5. The molecule has 1 aliphatic rings. The van der Waals surface area contributed by atoms with Crippen molar-refractivity contribution in [1.82, 2.24) is 5.32 Å². The number of rotatable bonds is 2. The largest absolute Gasteiger partial charge is 0.359 e. The molecular weight excluding hydrogens is 220 g/mol. The number of benzene rings is 1. The van der Waals surface area contributed by atoms with Crippen molar-refractivity contribution in [3.63, 3.8) is 0 Å². The molecule has 2 N–H and O–H groups in total. The first kappa shape index (κ1) is 11.1. The first-order valence-corrected chi connectivity index (χ1v) is 5.60. The van der Waals surface area contributed by atoms with Gasteiger partial charge in [0.1, 0.15) is 0 Å². The van der Waals surface area contributed by atoms with Gasteiger partial charge in [-0.2, -0.15) is 0 Å². The summed E-state index contributed by atoms with van der Waals surface area (Å²) in [4.78, 5) is 12.2. The normalized spacial score (nSPS) is 22.5. The number of anilines is 1. The van der Waals surface area contributed by atoms with Gasteiger partial charge in [-0.15, -0.1) is 0 Å². The van der Waals surface area contributed by atoms with Gasteiger partial charge in [0.15, 0.2) is 0 Å². The van der Waals surface area contributed by atoms with Crippen LogP contribution < -0.4 is 10.6 Å². The van der Waals surface area contributed by atoms with Crippen LogP contribution in [0.4, 0.5) is 5.69 Å². The Kier molecular flexibility index (Phi) is 2.68. The lowest BCUT2D eigenvalue weighted by atomic mass is 9.81. The number of carbonyl (C=O) groups is 1. The highest BCUT2D eigenvalue weighted by atomic mass is 32.1. The molecule has 1 aromatic rings. The Morgan fingerprint density at radius 3 is 2.88 bits per heavy atom. The Labute approximate surface area is 100 Å². The van der Waals surface area contributed by atoms with Crippen molar-refractivity contribution in [3.8, 4) is 0 Å². The van der Waals surface area contributed by atoms with Crippen LogP contribution in [0.2, 0.25) is 0 Å². The standard InChI is InChI=1S/C12H14N2OS/c1-12(7-10(15)13-2)8-5-3-4-6-9(8)14-11(12)16/h3-6H,7H2,1-2H3,(H,13,15)(H,14,16). The summed E-state index contributed by atoms with van der Waals surface area (Å²) in [5, 5.41) is 5.81. The highest BCUT2D eigenvalue weighted by Crippen LogP contribution is 2.40. The summed E-state index contributed by atoms with van der Waals surface area (Å²) in [6, 6.07) is 7.93. The van der Waals surface area contributed by atoms with Crippen molar-refractivity contribution in [2.24, 2.45) is 0 Å². The minimum Gasteiger partial charge on any atom is -0.359 e. The lowest BCUT2D eigenvalue weighted by Crippen LogP contribution is -2.35. The van der Waals surface area contributed by atoms with Crippen LogP contribution in [0, 0.1) is 0 Å². The molecule has 0 fully saturated rings. The number of carbonyl (C=O) groups excluding carboxylic acids is 1. The quantitative estimate of drug-likeness (QED) is 0.767. The van der Waals surface area contributed by atoms with Gasteiger partial charge in [0.05, 0.1) is 10.4 Å². The molecule has 0 saturated carbocycles. The summed E-state index contributed by atoms with van der Waals surface area (Å²) in [6.07, 6.45) is 0.381. The first-order valence-electron chi connectivity index (χ1n) is 5.19. The summed E-state index contributed by atoms with van der Waals surface area (Å²) in [5.41, 5.74) is 1.73. The van der Waals surface area contributed by atoms with Crippen LogP contribution in [0.5, 0.6) is 0 Å². The van der Waals surface area contributed by atoms with Gasteiger partial charge < -0.3 is 10.6 Å². The molecule has 0 spiro atoms. The van der Waals surface area contributed by atoms with E-state index in [4.69, 9.17) is 12.2 Å². The average molecular weight is 234 g/mol. The maximum atomic E-state index is 11.5. The lowest BCUT2D eigenvalue weighted by molar-refractivity contribution is -0.121. The Bertz CT molecular complexity index is 458. The van der Waals surface area contributed by atoms with Crippen LogP contribution in [-0.4, -0.2) is 17.9 Å². The zero-order chi connectivity index (χ0) is 11.8. The molecule has 1 atom stereocenters. The summed E-state index contributed by atoms with van der Waals surface area (Å²) >= 11 is 5.33. The number of hydrogen-bond acceptors (Lipinski definition) is 2. The van der Waals surface area contributed by atoms with Crippen molar-refractivity contribution in [2.75, 3.05) is 12.4 Å². The second-order valence-electron chi connectivity index (χ2n) is 4.18. The van der Waals surface area contributed by atoms with E-state index in [1.807, 2.05) is 31.2 Å². The molecule has 0 aromatic heterocycles. The molecule has 1 aliphatic heterocycles. The van der Waals surface area contributed by atoms with E-state index in [1.54, 1.807) is 7.05 Å². The van der Waals surface area contributed by atoms with E-state index in [2.05, 4.69) is 10.6 Å². The van der Waals surface area contributed by atoms with Gasteiger partial charge in [-0.25, -0.2) is 0 Å². The lowest BCUT2D eigenvalue weighted by Gasteiger charge is -2.23. The van der Waals surface area contributed by atoms with E-state index in [0.717, 1.165) is 16.2 Å². The molecule has 0 radical (unpaired) electrons. The fourth-order valence-corrected chi connectivity index (χ4v) is 2.33. The molecule has 3 nitrogen and oxygen atoms in total. The van der Waals surface area contributed by atoms with Gasteiger partial charge in [0.2, 0.25) is 5.91 Å². The number of fused-ring (bicyclic) bond motifs is 1. The predicted octanol–water partition coefficient (Wildman–Crippen LogP) is 1.83. The summed E-state index contributed by atoms with van der Waals surface area (Å²) < 4.78 is 0. The van der Waals surface area contributed by atoms with E-state index >= 15 is 0 Å². The monoisotopic (exact) mass is 234 g/mol. The van der Waals surface area contributed by atoms with Crippen LogP contribution in [-0.2, 0) is 10.2 Å². The average Bonchev–Trinajstić information content (AvgIpc) is 2.52. The molecule has 84 valence electrons. The Morgan fingerprint density at radius 1 is 1.50 bits per heavy atom. The number of hydrogen-bond donors (Lipinski definition) is 2. The van der Waals surface area contributed by atoms with Crippen molar-refractivity contribution >= 4 is 28.8 Å². The molecule has 1 unspecified atom stereocenters. The van der Waals surface area contributed by atoms with E-state index < -0.39 is 0 Å². The highest BCUT2D eigenvalue weighted by Gasteiger charge is 2.40. The smallest absolute Gasteiger partial charge is 0.221 e. The third-order valence-electron chi connectivity index (χ3n) is 3.06. The van der Waals surface area contributed by atoms with Crippen molar-refractivity contribution in [3.05, 3.63) is 29.8 Å². The van der Waals surface area contributed by atoms with Crippen molar-refractivity contribution in [1.29, 1.82) is 0 Å². The van der Waals surface area contributed by atoms with Crippen LogP contribution in [0.1, 0.15) is 18.9 Å². The molecule has 16 heavy (non-hydrogen) atoms. The van der Waals surface area contributed by atoms with Gasteiger partial charge in [-0.1, -0.05) is 30.4 Å². The molecule has 2 rings (SSSR count). The van der Waals surface area contributed by atoms with Crippen LogP contribution in [0.3, 0.4) is 0 Å². The predicted molar refractivity (Wildman–Crippen MR) is 68.7 cm³/mol. The summed E-state index contributed by atoms with van der Waals surface area (Å²) in [5.74, 6) is 0.00310. The van der Waals surface area contributed by atoms with Crippen LogP contribution >= 0.6 is 12.2 Å². The minimum atomic E-state index is -0.383.